The number of aliphatic hydroxyl groups is 1. The second-order valence-corrected chi connectivity index (χ2v) is 7.95. The number of fused-ring (bicyclic) bond motifs is 1. The Morgan fingerprint density at radius 3 is 2.40 bits per heavy atom. The van der Waals surface area contributed by atoms with E-state index in [1.54, 1.807) is 0 Å². The molecule has 2 aliphatic carbocycles. The van der Waals surface area contributed by atoms with E-state index in [0.717, 1.165) is 45.4 Å². The number of nitrogens with two attached hydrogens (primary N) is 1. The van der Waals surface area contributed by atoms with E-state index in [0.29, 0.717) is 18.9 Å². The topological polar surface area (TPSA) is 69.8 Å². The molecule has 1 aromatic rings. The van der Waals surface area contributed by atoms with Crippen molar-refractivity contribution in [2.75, 3.05) is 26.2 Å². The Balaban J connectivity index is 1.34. The summed E-state index contributed by atoms with van der Waals surface area (Å²) in [6, 6.07) is 9.09. The summed E-state index contributed by atoms with van der Waals surface area (Å²) in [6.07, 6.45) is 3.92. The van der Waals surface area contributed by atoms with Gasteiger partial charge in [-0.2, -0.15) is 0 Å². The molecule has 1 aliphatic heterocycles. The van der Waals surface area contributed by atoms with Crippen LogP contribution >= 0.6 is 0 Å². The Morgan fingerprint density at radius 1 is 1.04 bits per heavy atom. The molecule has 1 heterocycles. The monoisotopic (exact) mass is 343 g/mol. The van der Waals surface area contributed by atoms with Crippen LogP contribution in [0, 0.1) is 5.92 Å². The summed E-state index contributed by atoms with van der Waals surface area (Å²) in [6.45, 7) is 3.64. The zero-order chi connectivity index (χ0) is 17.4. The number of hydrogen-bond acceptors (Lipinski definition) is 4. The molecule has 0 radical (unpaired) electrons. The summed E-state index contributed by atoms with van der Waals surface area (Å²) in [5.41, 5.74) is 8.85. The molecule has 1 aromatic carbocycles. The molecule has 25 heavy (non-hydrogen) atoms. The summed E-state index contributed by atoms with van der Waals surface area (Å²) in [5.74, 6) is 0.107. The van der Waals surface area contributed by atoms with Crippen LogP contribution in [0.2, 0.25) is 0 Å². The molecule has 5 nitrogen and oxygen atoms in total. The second-order valence-electron chi connectivity index (χ2n) is 7.95. The number of rotatable bonds is 2. The average Bonchev–Trinajstić information content (AvgIpc) is 3.09. The Bertz CT molecular complexity index is 600. The second kappa shape index (κ2) is 7.06. The van der Waals surface area contributed by atoms with Gasteiger partial charge in [0, 0.05) is 44.2 Å². The van der Waals surface area contributed by atoms with Gasteiger partial charge in [-0.1, -0.05) is 24.3 Å². The fraction of sp³-hybridized carbons (Fsp3) is 0.650. The van der Waals surface area contributed by atoms with Crippen LogP contribution in [0.4, 0.5) is 0 Å². The number of amides is 1. The van der Waals surface area contributed by atoms with Crippen LogP contribution in [0.3, 0.4) is 0 Å². The maximum absolute atomic E-state index is 12.8. The zero-order valence-corrected chi connectivity index (χ0v) is 14.8. The van der Waals surface area contributed by atoms with Crippen LogP contribution in [0.25, 0.3) is 0 Å². The highest BCUT2D eigenvalue weighted by Gasteiger charge is 2.37. The van der Waals surface area contributed by atoms with Crippen molar-refractivity contribution in [1.82, 2.24) is 9.80 Å². The first-order chi connectivity index (χ1) is 12.1. The van der Waals surface area contributed by atoms with E-state index in [4.69, 9.17) is 5.73 Å². The fourth-order valence-corrected chi connectivity index (χ4v) is 4.82. The van der Waals surface area contributed by atoms with Gasteiger partial charge in [-0.3, -0.25) is 9.69 Å². The van der Waals surface area contributed by atoms with Gasteiger partial charge in [0.2, 0.25) is 5.91 Å². The number of carbonyl (C=O) groups excluding carboxylic acids is 1. The molecule has 2 fully saturated rings. The Labute approximate surface area is 149 Å². The molecule has 0 spiro atoms. The van der Waals surface area contributed by atoms with Gasteiger partial charge in [0.05, 0.1) is 6.10 Å². The van der Waals surface area contributed by atoms with Gasteiger partial charge in [0.25, 0.3) is 0 Å². The van der Waals surface area contributed by atoms with Crippen molar-refractivity contribution in [3.05, 3.63) is 35.4 Å². The standard InChI is InChI=1S/C20H29N3O2/c21-18-12-16(13-19(18)24)20(25)23-7-3-6-22(8-9-23)17-10-14-4-1-2-5-15(14)11-17/h1-2,4-5,16-19,24H,3,6-13,21H2/t16-,18-,19-/m0/s1. The van der Waals surface area contributed by atoms with Gasteiger partial charge in [-0.05, 0) is 43.2 Å². The maximum atomic E-state index is 12.8. The van der Waals surface area contributed by atoms with Gasteiger partial charge >= 0.3 is 0 Å². The van der Waals surface area contributed by atoms with E-state index in [-0.39, 0.29) is 17.9 Å². The Morgan fingerprint density at radius 2 is 1.76 bits per heavy atom. The van der Waals surface area contributed by atoms with Crippen molar-refractivity contribution in [3.8, 4) is 0 Å². The van der Waals surface area contributed by atoms with Crippen molar-refractivity contribution in [2.24, 2.45) is 11.7 Å². The van der Waals surface area contributed by atoms with Gasteiger partial charge in [-0.25, -0.2) is 0 Å². The molecule has 5 heteroatoms. The van der Waals surface area contributed by atoms with E-state index < -0.39 is 6.10 Å². The van der Waals surface area contributed by atoms with Gasteiger partial charge in [-0.15, -0.1) is 0 Å². The summed E-state index contributed by atoms with van der Waals surface area (Å²) >= 11 is 0. The van der Waals surface area contributed by atoms with E-state index in [1.165, 1.54) is 11.1 Å². The summed E-state index contributed by atoms with van der Waals surface area (Å²) in [7, 11) is 0. The molecule has 1 amide bonds. The SMILES string of the molecule is N[C@H]1C[C@H](C(=O)N2CCCN(C3Cc4ccccc4C3)CC2)C[C@@H]1O. The largest absolute Gasteiger partial charge is 0.391 e. The van der Waals surface area contributed by atoms with E-state index >= 15 is 0 Å². The van der Waals surface area contributed by atoms with Crippen molar-refractivity contribution in [1.29, 1.82) is 0 Å². The van der Waals surface area contributed by atoms with Crippen LogP contribution in [0.1, 0.15) is 30.4 Å². The molecule has 4 rings (SSSR count). The highest BCUT2D eigenvalue weighted by atomic mass is 16.3. The lowest BCUT2D eigenvalue weighted by atomic mass is 10.1. The van der Waals surface area contributed by atoms with Crippen LogP contribution in [0.5, 0.6) is 0 Å². The number of hydrogen-bond donors (Lipinski definition) is 2. The third-order valence-electron chi connectivity index (χ3n) is 6.31. The molecular formula is C20H29N3O2. The molecule has 3 N–H and O–H groups in total. The van der Waals surface area contributed by atoms with E-state index in [2.05, 4.69) is 29.2 Å². The number of carbonyl (C=O) groups is 1. The van der Waals surface area contributed by atoms with Gasteiger partial charge < -0.3 is 15.7 Å². The number of nitrogens with zero attached hydrogens (tertiary/aromatic N) is 2. The fourth-order valence-electron chi connectivity index (χ4n) is 4.82. The van der Waals surface area contributed by atoms with Gasteiger partial charge in [0.15, 0.2) is 0 Å². The lowest BCUT2D eigenvalue weighted by Gasteiger charge is -2.28. The first-order valence-corrected chi connectivity index (χ1v) is 9.65. The predicted octanol–water partition coefficient (Wildman–Crippen LogP) is 0.786. The van der Waals surface area contributed by atoms with Crippen LogP contribution < -0.4 is 5.73 Å². The van der Waals surface area contributed by atoms with E-state index in [1.807, 2.05) is 4.90 Å². The molecule has 3 atom stereocenters. The Hall–Kier alpha value is -1.43. The molecule has 1 saturated heterocycles. The lowest BCUT2D eigenvalue weighted by Crippen LogP contribution is -2.41. The highest BCUT2D eigenvalue weighted by molar-refractivity contribution is 5.79. The predicted molar refractivity (Wildman–Crippen MR) is 97.1 cm³/mol. The highest BCUT2D eigenvalue weighted by Crippen LogP contribution is 2.28. The van der Waals surface area contributed by atoms with Crippen molar-refractivity contribution >= 4 is 5.91 Å². The average molecular weight is 343 g/mol. The van der Waals surface area contributed by atoms with Crippen molar-refractivity contribution < 1.29 is 9.90 Å². The molecule has 0 unspecified atom stereocenters. The molecule has 3 aliphatic rings. The minimum atomic E-state index is -0.519. The van der Waals surface area contributed by atoms with Crippen LogP contribution in [-0.2, 0) is 17.6 Å². The minimum absolute atomic E-state index is 0.0905. The van der Waals surface area contributed by atoms with Crippen molar-refractivity contribution in [3.63, 3.8) is 0 Å². The third kappa shape index (κ3) is 3.46. The molecule has 1 saturated carbocycles. The van der Waals surface area contributed by atoms with E-state index in [9.17, 15) is 9.90 Å². The number of aliphatic hydroxyl groups excluding tert-OH is 1. The summed E-state index contributed by atoms with van der Waals surface area (Å²) in [5, 5.41) is 9.84. The van der Waals surface area contributed by atoms with Crippen molar-refractivity contribution in [2.45, 2.75) is 50.3 Å². The summed E-state index contributed by atoms with van der Waals surface area (Å²) < 4.78 is 0. The molecular weight excluding hydrogens is 314 g/mol. The quantitative estimate of drug-likeness (QED) is 0.833. The summed E-state index contributed by atoms with van der Waals surface area (Å²) in [4.78, 5) is 17.4. The molecule has 0 aromatic heterocycles. The minimum Gasteiger partial charge on any atom is -0.391 e. The number of benzene rings is 1. The molecule has 0 bridgehead atoms. The maximum Gasteiger partial charge on any atom is 0.225 e. The first-order valence-electron chi connectivity index (χ1n) is 9.65. The first kappa shape index (κ1) is 17.0. The normalized spacial score (nSPS) is 31.1. The smallest absolute Gasteiger partial charge is 0.225 e. The van der Waals surface area contributed by atoms with Gasteiger partial charge in [0.1, 0.15) is 0 Å². The van der Waals surface area contributed by atoms with Crippen LogP contribution in [0.15, 0.2) is 24.3 Å². The lowest BCUT2D eigenvalue weighted by molar-refractivity contribution is -0.135. The van der Waals surface area contributed by atoms with Crippen LogP contribution in [-0.4, -0.2) is 65.2 Å². The Kier molecular flexibility index (Phi) is 4.80. The third-order valence-corrected chi connectivity index (χ3v) is 6.31. The zero-order valence-electron chi connectivity index (χ0n) is 14.8. The molecule has 136 valence electrons.